The number of benzene rings is 3. The molecule has 3 aromatic carbocycles. The Balaban J connectivity index is 0.727. The Morgan fingerprint density at radius 1 is 0.892 bits per heavy atom. The number of esters is 1. The molecule has 0 spiro atoms. The van der Waals surface area contributed by atoms with Crippen molar-refractivity contribution in [1.29, 1.82) is 0 Å². The first-order chi connectivity index (χ1) is 44.4. The number of carboxylic acids is 1. The number of carbonyl (C=O) groups is 6. The second-order valence-electron chi connectivity index (χ2n) is 24.7. The van der Waals surface area contributed by atoms with Gasteiger partial charge >= 0.3 is 18.0 Å². The summed E-state index contributed by atoms with van der Waals surface area (Å²) in [5.41, 5.74) is 7.88. The molecule has 9 atom stereocenters. The number of phenols is 2. The maximum atomic E-state index is 14.1. The van der Waals surface area contributed by atoms with Crippen LogP contribution in [0.1, 0.15) is 135 Å². The maximum Gasteiger partial charge on any atom is 0.407 e. The van der Waals surface area contributed by atoms with Crippen LogP contribution in [0.4, 0.5) is 10.5 Å². The predicted molar refractivity (Wildman–Crippen MR) is 338 cm³/mol. The molecule has 23 heteroatoms. The molecule has 12 rings (SSSR count). The number of hydrogen-bond acceptors (Lipinski definition) is 20. The number of hydrogen-bond donors (Lipinski definition) is 9. The van der Waals surface area contributed by atoms with Gasteiger partial charge in [0.2, 0.25) is 11.7 Å². The van der Waals surface area contributed by atoms with Crippen LogP contribution in [0.3, 0.4) is 0 Å². The van der Waals surface area contributed by atoms with Gasteiger partial charge in [-0.15, -0.1) is 0 Å². The number of aliphatic imine (C=N–C) groups is 3. The zero-order valence-corrected chi connectivity index (χ0v) is 52.3. The van der Waals surface area contributed by atoms with Crippen molar-refractivity contribution in [3.05, 3.63) is 186 Å². The summed E-state index contributed by atoms with van der Waals surface area (Å²) in [6, 6.07) is 9.84. The minimum atomic E-state index is -2.11. The molecule has 8 bridgehead atoms. The molecular formula is C70H70N6O17. The van der Waals surface area contributed by atoms with Crippen LogP contribution in [0.5, 0.6) is 17.2 Å². The molecule has 2 saturated heterocycles. The molecule has 23 nitrogen and oxygen atoms in total. The summed E-state index contributed by atoms with van der Waals surface area (Å²) >= 11 is 0. The molecule has 9 aliphatic rings. The quantitative estimate of drug-likeness (QED) is 0.0396. The second-order valence-corrected chi connectivity index (χ2v) is 24.7. The van der Waals surface area contributed by atoms with E-state index in [1.54, 1.807) is 30.3 Å². The number of nitrogens with zero attached hydrogens (tertiary/aromatic N) is 3. The molecule has 0 aromatic heterocycles. The highest BCUT2D eigenvalue weighted by Crippen LogP contribution is 2.54. The van der Waals surface area contributed by atoms with Crippen molar-refractivity contribution in [3.63, 3.8) is 0 Å². The van der Waals surface area contributed by atoms with Gasteiger partial charge in [0, 0.05) is 88.0 Å². The van der Waals surface area contributed by atoms with E-state index in [0.29, 0.717) is 69.3 Å². The molecule has 2 amide bonds. The molecule has 3 aliphatic carbocycles. The molecule has 6 heterocycles. The summed E-state index contributed by atoms with van der Waals surface area (Å²) < 4.78 is 28.6. The van der Waals surface area contributed by atoms with Crippen LogP contribution in [-0.2, 0) is 46.4 Å². The highest BCUT2D eigenvalue weighted by molar-refractivity contribution is 6.31. The van der Waals surface area contributed by atoms with Crippen molar-refractivity contribution < 1.29 is 83.1 Å². The van der Waals surface area contributed by atoms with Gasteiger partial charge in [0.25, 0.3) is 0 Å². The summed E-state index contributed by atoms with van der Waals surface area (Å²) in [6.45, 7) is 15.4. The van der Waals surface area contributed by atoms with Gasteiger partial charge in [-0.3, -0.25) is 24.0 Å². The Morgan fingerprint density at radius 2 is 1.61 bits per heavy atom. The average molecular weight is 1270 g/mol. The number of allylic oxidation sites excluding steroid dienone is 11. The smallest absolute Gasteiger partial charge is 0.407 e. The molecule has 2 fully saturated rings. The lowest BCUT2D eigenvalue weighted by Crippen LogP contribution is -2.55. The number of anilines is 1. The van der Waals surface area contributed by atoms with Gasteiger partial charge < -0.3 is 70.3 Å². The number of rotatable bonds is 15. The Kier molecular flexibility index (Phi) is 16.6. The van der Waals surface area contributed by atoms with Crippen molar-refractivity contribution in [3.8, 4) is 17.2 Å². The number of ether oxygens (including phenoxy) is 5. The van der Waals surface area contributed by atoms with Crippen LogP contribution in [0.15, 0.2) is 162 Å². The molecular weight excluding hydrogens is 1200 g/mol. The van der Waals surface area contributed by atoms with E-state index in [0.717, 1.165) is 39.4 Å². The SMILES string of the molecule is C=CC1=C(C)C2=NC1=CC1=NC(=CC3=C(C)C4=C(O)C(C(=O)OC)C(=C5NC(=C2)[C@@H](C)[C@@H]5CCC(=O)Nc2ccc(COC(=O)NC5C[C@@H](O[C@H]6C[C@](O)(CC(=O)O)Cc7c(O)c8c(c(O)c76)C(=O)c6cccc(OC)c6C8=O)O[C@H](C)[C@@H]5O)cc2)C4=N3)C(CC)=C1C. The second kappa shape index (κ2) is 24.3. The third kappa shape index (κ3) is 11.0. The van der Waals surface area contributed by atoms with E-state index < -0.39 is 120 Å². The van der Waals surface area contributed by atoms with Gasteiger partial charge in [-0.25, -0.2) is 19.8 Å². The number of aliphatic hydroxyl groups is 3. The van der Waals surface area contributed by atoms with E-state index in [1.165, 1.54) is 39.3 Å². The van der Waals surface area contributed by atoms with Crippen LogP contribution >= 0.6 is 0 Å². The Hall–Kier alpha value is -9.81. The third-order valence-corrected chi connectivity index (χ3v) is 19.1. The van der Waals surface area contributed by atoms with Gasteiger partial charge in [0.15, 0.2) is 12.1 Å². The number of carboxylic acid groups (broad SMARTS) is 1. The van der Waals surface area contributed by atoms with Crippen molar-refractivity contribution >= 4 is 58.3 Å². The standard InChI is InChI=1S/C70H70N6O17/c1-10-36-29(3)41-21-43-31(5)38(60(74-43)56-59(68(86)90-9)65(83)53-32(6)44(75-61(53)56)23-46-37(11-2)30(4)42(73-46)22-45(36)72-41)19-20-50(77)71-35-17-15-34(16-18-35)28-91-69(87)76-47-24-52(92-33(7)62(47)80)93-49-26-70(88,27-51(78)79)25-40-55(49)67(85)57-58(64(40)82)66(84)54-39(63(57)81)13-12-14-48(54)89-8/h10,12-18,21-23,31,33,38,47,49,52,59,62,74,80,82-83,85,88H,1,11,19-20,24-28H2,2-9H3,(H,71,77)(H,76,87)(H,78,79)/t31-,33+,38-,47?,49-,52+,59?,62-,70-/m0/s1. The Morgan fingerprint density at radius 3 is 2.31 bits per heavy atom. The summed E-state index contributed by atoms with van der Waals surface area (Å²) in [5, 5.41) is 77.9. The van der Waals surface area contributed by atoms with Crippen LogP contribution in [0, 0.1) is 17.8 Å². The number of phenolic OH excluding ortho intramolecular Hbond substituents is 2. The van der Waals surface area contributed by atoms with E-state index in [1.807, 2.05) is 45.9 Å². The first-order valence-electron chi connectivity index (χ1n) is 30.7. The van der Waals surface area contributed by atoms with Crippen LogP contribution in [0.25, 0.3) is 0 Å². The number of ketones is 2. The lowest BCUT2D eigenvalue weighted by Gasteiger charge is -2.43. The average Bonchev–Trinajstić information content (AvgIpc) is 1.68. The van der Waals surface area contributed by atoms with Gasteiger partial charge in [-0.1, -0.05) is 50.8 Å². The largest absolute Gasteiger partial charge is 0.510 e. The van der Waals surface area contributed by atoms with E-state index in [9.17, 15) is 59.4 Å². The van der Waals surface area contributed by atoms with Crippen LogP contribution < -0.4 is 20.7 Å². The predicted octanol–water partition coefficient (Wildman–Crippen LogP) is 8.86. The number of carbonyl (C=O) groups excluding carboxylic acids is 5. The third-order valence-electron chi connectivity index (χ3n) is 19.1. The Bertz CT molecular complexity index is 4250. The lowest BCUT2D eigenvalue weighted by molar-refractivity contribution is -0.249. The Labute approximate surface area is 534 Å². The maximum absolute atomic E-state index is 14.1. The molecule has 0 radical (unpaired) electrons. The summed E-state index contributed by atoms with van der Waals surface area (Å²) in [4.78, 5) is 96.7. The fourth-order valence-corrected chi connectivity index (χ4v) is 14.3. The minimum absolute atomic E-state index is 0.0350. The highest BCUT2D eigenvalue weighted by Gasteiger charge is 2.51. The number of fused-ring (bicyclic) bond motifs is 8. The van der Waals surface area contributed by atoms with E-state index >= 15 is 0 Å². The number of aromatic hydroxyl groups is 2. The van der Waals surface area contributed by atoms with Gasteiger partial charge in [0.1, 0.15) is 41.6 Å². The van der Waals surface area contributed by atoms with E-state index in [4.69, 9.17) is 38.7 Å². The number of methoxy groups -OCH3 is 2. The zero-order chi connectivity index (χ0) is 66.4. The molecule has 0 saturated carbocycles. The number of nitrogens with one attached hydrogen (secondary N) is 3. The molecule has 93 heavy (non-hydrogen) atoms. The van der Waals surface area contributed by atoms with E-state index in [-0.39, 0.29) is 65.0 Å². The van der Waals surface area contributed by atoms with Gasteiger partial charge in [-0.2, -0.15) is 0 Å². The minimum Gasteiger partial charge on any atom is -0.510 e. The number of alkyl carbamates (subject to hydrolysis) is 1. The molecule has 2 unspecified atom stereocenters. The lowest BCUT2D eigenvalue weighted by atomic mass is 9.72. The topological polar surface area (TPSA) is 343 Å². The summed E-state index contributed by atoms with van der Waals surface area (Å²) in [6.07, 6.45) is 0.537. The van der Waals surface area contributed by atoms with Crippen molar-refractivity contribution in [2.45, 2.75) is 129 Å². The van der Waals surface area contributed by atoms with Gasteiger partial charge in [-0.05, 0) is 105 Å². The fraction of sp³-hybridized carbons (Fsp3) is 0.357. The first-order valence-corrected chi connectivity index (χ1v) is 30.7. The number of amides is 2. The monoisotopic (exact) mass is 1270 g/mol. The molecule has 6 aliphatic heterocycles. The van der Waals surface area contributed by atoms with E-state index in [2.05, 4.69) is 29.5 Å². The number of aliphatic hydroxyl groups excluding tert-OH is 2. The van der Waals surface area contributed by atoms with Crippen molar-refractivity contribution in [1.82, 2.24) is 10.6 Å². The first kappa shape index (κ1) is 63.3. The van der Waals surface area contributed by atoms with Crippen molar-refractivity contribution in [2.24, 2.45) is 32.7 Å². The molecule has 3 aromatic rings. The fourth-order valence-electron chi connectivity index (χ4n) is 14.3. The highest BCUT2D eigenvalue weighted by atomic mass is 16.7. The zero-order valence-electron chi connectivity index (χ0n) is 52.3. The van der Waals surface area contributed by atoms with Crippen LogP contribution in [-0.4, -0.2) is 128 Å². The summed E-state index contributed by atoms with van der Waals surface area (Å²) in [5.74, 6) is -7.52. The van der Waals surface area contributed by atoms with Crippen LogP contribution in [0.2, 0.25) is 0 Å². The summed E-state index contributed by atoms with van der Waals surface area (Å²) in [7, 11) is 2.57. The number of aliphatic carboxylic acids is 1. The van der Waals surface area contributed by atoms with Gasteiger partial charge in [0.05, 0.1) is 95.4 Å². The van der Waals surface area contributed by atoms with Crippen molar-refractivity contribution in [2.75, 3.05) is 19.5 Å². The molecule has 482 valence electrons. The molecule has 9 N–H and O–H groups in total. The normalized spacial score (nSPS) is 25.9.